The normalized spacial score (nSPS) is 11.1. The number of nitrogens with zero attached hydrogens (tertiary/aromatic N) is 2. The van der Waals surface area contributed by atoms with E-state index >= 15 is 0 Å². The number of halogens is 1. The summed E-state index contributed by atoms with van der Waals surface area (Å²) < 4.78 is 1.34. The van der Waals surface area contributed by atoms with Crippen molar-refractivity contribution in [2.45, 2.75) is 51.5 Å². The van der Waals surface area contributed by atoms with Crippen LogP contribution in [-0.2, 0) is 11.3 Å². The van der Waals surface area contributed by atoms with Crippen LogP contribution in [0.15, 0.2) is 38.8 Å². The van der Waals surface area contributed by atoms with Crippen LogP contribution in [0.25, 0.3) is 0 Å². The van der Waals surface area contributed by atoms with Crippen LogP contribution in [-0.4, -0.2) is 27.8 Å². The molecule has 0 aliphatic heterocycles. The van der Waals surface area contributed by atoms with Gasteiger partial charge in [-0.1, -0.05) is 38.8 Å². The average Bonchev–Trinajstić information content (AvgIpc) is 2.69. The lowest BCUT2D eigenvalue weighted by atomic mass is 10.1. The maximum absolute atomic E-state index is 13.1. The summed E-state index contributed by atoms with van der Waals surface area (Å²) in [6.07, 6.45) is 2.31. The largest absolute Gasteiger partial charge is 0.383 e. The summed E-state index contributed by atoms with van der Waals surface area (Å²) in [7, 11) is 0. The van der Waals surface area contributed by atoms with Crippen LogP contribution < -0.4 is 21.9 Å². The summed E-state index contributed by atoms with van der Waals surface area (Å²) >= 11 is 7.27. The zero-order valence-corrected chi connectivity index (χ0v) is 19.2. The summed E-state index contributed by atoms with van der Waals surface area (Å²) in [4.78, 5) is 42.6. The van der Waals surface area contributed by atoms with Crippen LogP contribution >= 0.6 is 23.4 Å². The fourth-order valence-electron chi connectivity index (χ4n) is 2.88. The van der Waals surface area contributed by atoms with Gasteiger partial charge in [0.2, 0.25) is 5.91 Å². The molecule has 0 saturated heterocycles. The maximum Gasteiger partial charge on any atom is 0.330 e. The van der Waals surface area contributed by atoms with E-state index < -0.39 is 11.2 Å². The number of amides is 1. The molecule has 164 valence electrons. The Balaban J connectivity index is 2.35. The predicted molar refractivity (Wildman–Crippen MR) is 125 cm³/mol. The van der Waals surface area contributed by atoms with Gasteiger partial charge in [0, 0.05) is 23.0 Å². The van der Waals surface area contributed by atoms with E-state index in [-0.39, 0.29) is 23.2 Å². The standard InChI is InChI=1S/C21H29ClN4O3S/c1-4-5-11-26-19(23)18(20(28)24-21(26)29)25(12-10-14(2)3)17(27)13-30-16-8-6-15(22)7-9-16/h6-9,14H,4-5,10-13,23H2,1-3H3,(H,24,28,29). The molecule has 1 aromatic carbocycles. The van der Waals surface area contributed by atoms with Crippen LogP contribution in [0.1, 0.15) is 40.0 Å². The number of anilines is 2. The van der Waals surface area contributed by atoms with Gasteiger partial charge in [-0.2, -0.15) is 0 Å². The molecule has 0 atom stereocenters. The van der Waals surface area contributed by atoms with Gasteiger partial charge in [0.1, 0.15) is 5.82 Å². The highest BCUT2D eigenvalue weighted by atomic mass is 35.5. The fourth-order valence-corrected chi connectivity index (χ4v) is 3.78. The molecule has 1 heterocycles. The Kier molecular flexibility index (Phi) is 9.05. The molecule has 0 bridgehead atoms. The van der Waals surface area contributed by atoms with Crippen molar-refractivity contribution >= 4 is 40.8 Å². The van der Waals surface area contributed by atoms with Gasteiger partial charge in [-0.15, -0.1) is 11.8 Å². The van der Waals surface area contributed by atoms with Gasteiger partial charge >= 0.3 is 5.69 Å². The second-order valence-electron chi connectivity index (χ2n) is 7.47. The molecule has 2 rings (SSSR count). The number of carbonyl (C=O) groups excluding carboxylic acids is 1. The summed E-state index contributed by atoms with van der Waals surface area (Å²) in [5.74, 6) is 0.252. The Morgan fingerprint density at radius 2 is 1.93 bits per heavy atom. The number of H-pyrrole nitrogens is 1. The number of hydrogen-bond acceptors (Lipinski definition) is 5. The minimum Gasteiger partial charge on any atom is -0.383 e. The molecule has 7 nitrogen and oxygen atoms in total. The highest BCUT2D eigenvalue weighted by Gasteiger charge is 2.24. The maximum atomic E-state index is 13.1. The molecule has 0 fully saturated rings. The number of thioether (sulfide) groups is 1. The lowest BCUT2D eigenvalue weighted by molar-refractivity contribution is -0.116. The van der Waals surface area contributed by atoms with E-state index in [2.05, 4.69) is 4.98 Å². The minimum atomic E-state index is -0.640. The number of benzene rings is 1. The van der Waals surface area contributed by atoms with Gasteiger partial charge in [0.25, 0.3) is 5.56 Å². The van der Waals surface area contributed by atoms with Crippen molar-refractivity contribution in [3.8, 4) is 0 Å². The number of unbranched alkanes of at least 4 members (excludes halogenated alkanes) is 1. The van der Waals surface area contributed by atoms with E-state index in [1.807, 2.05) is 32.9 Å². The first-order valence-corrected chi connectivity index (χ1v) is 11.4. The van der Waals surface area contributed by atoms with Crippen LogP contribution in [0.3, 0.4) is 0 Å². The predicted octanol–water partition coefficient (Wildman–Crippen LogP) is 3.74. The summed E-state index contributed by atoms with van der Waals surface area (Å²) in [6.45, 7) is 6.82. The molecular weight excluding hydrogens is 424 g/mol. The fraction of sp³-hybridized carbons (Fsp3) is 0.476. The Morgan fingerprint density at radius 3 is 2.53 bits per heavy atom. The van der Waals surface area contributed by atoms with Gasteiger partial charge in [-0.05, 0) is 43.0 Å². The smallest absolute Gasteiger partial charge is 0.330 e. The van der Waals surface area contributed by atoms with Crippen molar-refractivity contribution in [3.63, 3.8) is 0 Å². The summed E-state index contributed by atoms with van der Waals surface area (Å²) in [5, 5.41) is 0.623. The number of aromatic nitrogens is 2. The zero-order chi connectivity index (χ0) is 22.3. The first kappa shape index (κ1) is 24.1. The average molecular weight is 453 g/mol. The molecule has 1 amide bonds. The van der Waals surface area contributed by atoms with E-state index in [1.165, 1.54) is 21.2 Å². The number of nitrogen functional groups attached to an aromatic ring is 1. The third kappa shape index (κ3) is 6.40. The third-order valence-electron chi connectivity index (χ3n) is 4.63. The van der Waals surface area contributed by atoms with Crippen molar-refractivity contribution in [1.29, 1.82) is 0 Å². The number of nitrogens with two attached hydrogens (primary N) is 1. The van der Waals surface area contributed by atoms with Gasteiger partial charge in [-0.3, -0.25) is 19.1 Å². The van der Waals surface area contributed by atoms with Crippen molar-refractivity contribution in [2.75, 3.05) is 22.9 Å². The molecule has 0 aliphatic rings. The first-order chi connectivity index (χ1) is 14.2. The number of rotatable bonds is 10. The van der Waals surface area contributed by atoms with Gasteiger partial charge in [-0.25, -0.2) is 4.79 Å². The van der Waals surface area contributed by atoms with Crippen molar-refractivity contribution in [3.05, 3.63) is 50.1 Å². The van der Waals surface area contributed by atoms with E-state index in [4.69, 9.17) is 17.3 Å². The van der Waals surface area contributed by atoms with E-state index in [1.54, 1.807) is 12.1 Å². The van der Waals surface area contributed by atoms with Crippen molar-refractivity contribution in [1.82, 2.24) is 9.55 Å². The molecular formula is C21H29ClN4O3S. The number of carbonyl (C=O) groups is 1. The molecule has 9 heteroatoms. The summed E-state index contributed by atoms with van der Waals surface area (Å²) in [5.41, 5.74) is 5.08. The number of hydrogen-bond donors (Lipinski definition) is 2. The second-order valence-corrected chi connectivity index (χ2v) is 8.95. The molecule has 30 heavy (non-hydrogen) atoms. The van der Waals surface area contributed by atoms with E-state index in [9.17, 15) is 14.4 Å². The highest BCUT2D eigenvalue weighted by Crippen LogP contribution is 2.24. The monoisotopic (exact) mass is 452 g/mol. The molecule has 0 saturated carbocycles. The third-order valence-corrected chi connectivity index (χ3v) is 5.88. The van der Waals surface area contributed by atoms with E-state index in [0.717, 1.165) is 17.7 Å². The minimum absolute atomic E-state index is 0.0331. The molecule has 1 aromatic heterocycles. The van der Waals surface area contributed by atoms with Crippen molar-refractivity contribution in [2.24, 2.45) is 5.92 Å². The van der Waals surface area contributed by atoms with Gasteiger partial charge in [0.05, 0.1) is 5.75 Å². The van der Waals surface area contributed by atoms with Crippen LogP contribution in [0.5, 0.6) is 0 Å². The van der Waals surface area contributed by atoms with Crippen molar-refractivity contribution < 1.29 is 4.79 Å². The first-order valence-electron chi connectivity index (χ1n) is 10.1. The quantitative estimate of drug-likeness (QED) is 0.534. The Labute approximate surface area is 185 Å². The molecule has 3 N–H and O–H groups in total. The molecule has 2 aromatic rings. The molecule has 0 aliphatic carbocycles. The molecule has 0 unspecified atom stereocenters. The number of nitrogens with one attached hydrogen (secondary N) is 1. The highest BCUT2D eigenvalue weighted by molar-refractivity contribution is 8.00. The van der Waals surface area contributed by atoms with Gasteiger partial charge < -0.3 is 10.6 Å². The molecule has 0 spiro atoms. The Morgan fingerprint density at radius 1 is 1.27 bits per heavy atom. The zero-order valence-electron chi connectivity index (χ0n) is 17.6. The second kappa shape index (κ2) is 11.3. The number of aromatic amines is 1. The van der Waals surface area contributed by atoms with Crippen LogP contribution in [0, 0.1) is 5.92 Å². The lowest BCUT2D eigenvalue weighted by Crippen LogP contribution is -2.42. The SMILES string of the molecule is CCCCn1c(N)c(N(CCC(C)C)C(=O)CSc2ccc(Cl)cc2)c(=O)[nH]c1=O. The lowest BCUT2D eigenvalue weighted by Gasteiger charge is -2.25. The topological polar surface area (TPSA) is 101 Å². The Hall–Kier alpha value is -2.19. The Bertz CT molecular complexity index is 970. The van der Waals surface area contributed by atoms with Gasteiger partial charge in [0.15, 0.2) is 5.69 Å². The van der Waals surface area contributed by atoms with E-state index in [0.29, 0.717) is 30.5 Å². The van der Waals surface area contributed by atoms with Crippen LogP contribution in [0.2, 0.25) is 5.02 Å². The summed E-state index contributed by atoms with van der Waals surface area (Å²) in [6, 6.07) is 7.20. The van der Waals surface area contributed by atoms with Crippen LogP contribution in [0.4, 0.5) is 11.5 Å². The molecule has 0 radical (unpaired) electrons.